The summed E-state index contributed by atoms with van der Waals surface area (Å²) < 4.78 is 10.0. The van der Waals surface area contributed by atoms with Crippen LogP contribution in [0.25, 0.3) is 0 Å². The summed E-state index contributed by atoms with van der Waals surface area (Å²) in [4.78, 5) is 25.0. The van der Waals surface area contributed by atoms with Gasteiger partial charge < -0.3 is 14.4 Å². The molecule has 0 aromatic rings. The maximum Gasteiger partial charge on any atom is 0.410 e. The van der Waals surface area contributed by atoms with E-state index < -0.39 is 5.60 Å². The highest BCUT2D eigenvalue weighted by Gasteiger charge is 2.41. The van der Waals surface area contributed by atoms with Gasteiger partial charge in [0.25, 0.3) is 0 Å². The predicted molar refractivity (Wildman–Crippen MR) is 74.1 cm³/mol. The van der Waals surface area contributed by atoms with Crippen molar-refractivity contribution >= 4 is 12.1 Å². The van der Waals surface area contributed by atoms with Gasteiger partial charge in [-0.05, 0) is 45.4 Å². The maximum absolute atomic E-state index is 12.0. The van der Waals surface area contributed by atoms with Gasteiger partial charge in [-0.2, -0.15) is 0 Å². The Balaban J connectivity index is 1.90. The number of methoxy groups -OCH3 is 1. The number of allylic oxidation sites excluding steroid dienone is 1. The molecular weight excluding hydrogens is 258 g/mol. The third kappa shape index (κ3) is 3.52. The van der Waals surface area contributed by atoms with Crippen LogP contribution in [0.3, 0.4) is 0 Å². The lowest BCUT2D eigenvalue weighted by molar-refractivity contribution is -0.134. The number of likely N-dealkylation sites (tertiary alicyclic amines) is 1. The first-order chi connectivity index (χ1) is 9.28. The molecule has 0 radical (unpaired) electrons. The summed E-state index contributed by atoms with van der Waals surface area (Å²) in [5, 5.41) is 0. The molecule has 5 heteroatoms. The van der Waals surface area contributed by atoms with E-state index in [1.165, 1.54) is 7.11 Å². The third-order valence-electron chi connectivity index (χ3n) is 3.80. The lowest BCUT2D eigenvalue weighted by Gasteiger charge is -2.24. The smallest absolute Gasteiger partial charge is 0.410 e. The topological polar surface area (TPSA) is 55.8 Å². The molecule has 112 valence electrons. The number of hydrogen-bond acceptors (Lipinski definition) is 4. The van der Waals surface area contributed by atoms with Gasteiger partial charge in [0.15, 0.2) is 0 Å². The Labute approximate surface area is 119 Å². The molecule has 0 N–H and O–H groups in total. The molecule has 2 rings (SSSR count). The van der Waals surface area contributed by atoms with Crippen LogP contribution in [0.2, 0.25) is 0 Å². The number of hydrogen-bond donors (Lipinski definition) is 0. The number of rotatable bonds is 1. The van der Waals surface area contributed by atoms with Crippen molar-refractivity contribution in [2.45, 2.75) is 39.2 Å². The van der Waals surface area contributed by atoms with Crippen LogP contribution in [0, 0.1) is 11.8 Å². The van der Waals surface area contributed by atoms with Gasteiger partial charge in [0, 0.05) is 19.2 Å². The van der Waals surface area contributed by atoms with Gasteiger partial charge in [-0.15, -0.1) is 0 Å². The summed E-state index contributed by atoms with van der Waals surface area (Å²) in [7, 11) is 1.39. The number of ether oxygens (including phenoxy) is 2. The van der Waals surface area contributed by atoms with Gasteiger partial charge in [-0.25, -0.2) is 9.59 Å². The number of esters is 1. The van der Waals surface area contributed by atoms with Crippen LogP contribution in [0.5, 0.6) is 0 Å². The number of carbonyl (C=O) groups is 2. The lowest BCUT2D eigenvalue weighted by Crippen LogP contribution is -2.35. The molecule has 2 fully saturated rings. The molecule has 1 saturated carbocycles. The van der Waals surface area contributed by atoms with Crippen molar-refractivity contribution in [3.63, 3.8) is 0 Å². The number of amides is 1. The molecule has 5 nitrogen and oxygen atoms in total. The largest absolute Gasteiger partial charge is 0.466 e. The lowest BCUT2D eigenvalue weighted by atomic mass is 10.0. The van der Waals surface area contributed by atoms with Gasteiger partial charge >= 0.3 is 12.1 Å². The second-order valence-corrected chi connectivity index (χ2v) is 6.64. The summed E-state index contributed by atoms with van der Waals surface area (Å²) >= 11 is 0. The second kappa shape index (κ2) is 5.46. The maximum atomic E-state index is 12.0. The second-order valence-electron chi connectivity index (χ2n) is 6.64. The SMILES string of the molecule is COC(=O)/C=C1\C[C@@H]2CN(C(=O)OC(C)(C)C)C[C@@H]2C1. The van der Waals surface area contributed by atoms with Crippen LogP contribution in [0.4, 0.5) is 4.79 Å². The summed E-state index contributed by atoms with van der Waals surface area (Å²) in [6, 6.07) is 0. The molecule has 0 spiro atoms. The molecule has 0 unspecified atom stereocenters. The number of nitrogens with zero attached hydrogens (tertiary/aromatic N) is 1. The monoisotopic (exact) mass is 281 g/mol. The molecule has 20 heavy (non-hydrogen) atoms. The van der Waals surface area contributed by atoms with E-state index in [0.717, 1.165) is 31.5 Å². The quantitative estimate of drug-likeness (QED) is 0.547. The molecule has 1 amide bonds. The zero-order valence-corrected chi connectivity index (χ0v) is 12.6. The fraction of sp³-hybridized carbons (Fsp3) is 0.733. The minimum absolute atomic E-state index is 0.231. The minimum Gasteiger partial charge on any atom is -0.466 e. The van der Waals surface area contributed by atoms with Crippen LogP contribution >= 0.6 is 0 Å². The molecule has 2 atom stereocenters. The van der Waals surface area contributed by atoms with E-state index in [-0.39, 0.29) is 12.1 Å². The van der Waals surface area contributed by atoms with Gasteiger partial charge in [-0.3, -0.25) is 0 Å². The zero-order chi connectivity index (χ0) is 14.9. The average Bonchev–Trinajstić information content (AvgIpc) is 2.84. The normalized spacial score (nSPS) is 27.6. The van der Waals surface area contributed by atoms with Gasteiger partial charge in [0.2, 0.25) is 0 Å². The zero-order valence-electron chi connectivity index (χ0n) is 12.6. The van der Waals surface area contributed by atoms with Crippen LogP contribution < -0.4 is 0 Å². The Bertz CT molecular complexity index is 420. The molecular formula is C15H23NO4. The Hall–Kier alpha value is -1.52. The van der Waals surface area contributed by atoms with Crippen molar-refractivity contribution in [1.82, 2.24) is 4.90 Å². The minimum atomic E-state index is -0.454. The van der Waals surface area contributed by atoms with Crippen molar-refractivity contribution in [3.8, 4) is 0 Å². The third-order valence-corrected chi connectivity index (χ3v) is 3.80. The first-order valence-corrected chi connectivity index (χ1v) is 7.04. The van der Waals surface area contributed by atoms with Crippen molar-refractivity contribution in [2.75, 3.05) is 20.2 Å². The van der Waals surface area contributed by atoms with Crippen molar-refractivity contribution in [1.29, 1.82) is 0 Å². The van der Waals surface area contributed by atoms with Crippen molar-refractivity contribution in [2.24, 2.45) is 11.8 Å². The van der Waals surface area contributed by atoms with Gasteiger partial charge in [-0.1, -0.05) is 5.57 Å². The number of fused-ring (bicyclic) bond motifs is 1. The molecule has 0 aromatic heterocycles. The predicted octanol–water partition coefficient (Wildman–Crippen LogP) is 2.36. The van der Waals surface area contributed by atoms with Crippen LogP contribution in [0.1, 0.15) is 33.6 Å². The summed E-state index contributed by atoms with van der Waals surface area (Å²) in [5.74, 6) is 0.598. The van der Waals surface area contributed by atoms with Crippen molar-refractivity contribution < 1.29 is 19.1 Å². The van der Waals surface area contributed by atoms with E-state index in [1.807, 2.05) is 20.8 Å². The van der Waals surface area contributed by atoms with Crippen LogP contribution in [0.15, 0.2) is 11.6 Å². The van der Waals surface area contributed by atoms with E-state index in [1.54, 1.807) is 11.0 Å². The van der Waals surface area contributed by atoms with Crippen LogP contribution in [-0.2, 0) is 14.3 Å². The first-order valence-electron chi connectivity index (χ1n) is 7.04. The Morgan fingerprint density at radius 2 is 1.75 bits per heavy atom. The molecule has 1 saturated heterocycles. The highest BCUT2D eigenvalue weighted by Crippen LogP contribution is 2.41. The van der Waals surface area contributed by atoms with Gasteiger partial charge in [0.1, 0.15) is 5.60 Å². The Kier molecular flexibility index (Phi) is 4.06. The molecule has 0 bridgehead atoms. The van der Waals surface area contributed by atoms with E-state index in [0.29, 0.717) is 11.8 Å². The first kappa shape index (κ1) is 14.9. The molecule has 1 aliphatic carbocycles. The average molecular weight is 281 g/mol. The molecule has 2 aliphatic rings. The van der Waals surface area contributed by atoms with E-state index in [9.17, 15) is 9.59 Å². The van der Waals surface area contributed by atoms with Crippen LogP contribution in [-0.4, -0.2) is 42.8 Å². The molecule has 1 aliphatic heterocycles. The summed E-state index contributed by atoms with van der Waals surface area (Å²) in [6.07, 6.45) is 3.11. The van der Waals surface area contributed by atoms with Gasteiger partial charge in [0.05, 0.1) is 7.11 Å². The standard InChI is InChI=1S/C15H23NO4/c1-15(2,3)20-14(18)16-8-11-5-10(6-12(11)9-16)7-13(17)19-4/h7,11-12H,5-6,8-9H2,1-4H3/b10-7-/t11-,12+/m0/s1. The van der Waals surface area contributed by atoms with Crippen molar-refractivity contribution in [3.05, 3.63) is 11.6 Å². The highest BCUT2D eigenvalue weighted by atomic mass is 16.6. The summed E-state index contributed by atoms with van der Waals surface area (Å²) in [6.45, 7) is 7.06. The fourth-order valence-corrected chi connectivity index (χ4v) is 2.98. The highest BCUT2D eigenvalue weighted by molar-refractivity contribution is 5.82. The fourth-order valence-electron chi connectivity index (χ4n) is 2.98. The number of carbonyl (C=O) groups excluding carboxylic acids is 2. The van der Waals surface area contributed by atoms with E-state index in [4.69, 9.17) is 4.74 Å². The van der Waals surface area contributed by atoms with E-state index in [2.05, 4.69) is 4.74 Å². The van der Waals surface area contributed by atoms with E-state index >= 15 is 0 Å². The molecule has 0 aromatic carbocycles. The Morgan fingerprint density at radius 1 is 1.20 bits per heavy atom. The molecule has 1 heterocycles. The Morgan fingerprint density at radius 3 is 2.20 bits per heavy atom. The summed E-state index contributed by atoms with van der Waals surface area (Å²) in [5.41, 5.74) is 0.681.